The maximum absolute atomic E-state index is 12.5. The molecule has 2 aromatic rings. The molecule has 2 fully saturated rings. The van der Waals surface area contributed by atoms with Gasteiger partial charge in [0.1, 0.15) is 12.7 Å². The van der Waals surface area contributed by atoms with Crippen LogP contribution in [0.25, 0.3) is 0 Å². The van der Waals surface area contributed by atoms with Gasteiger partial charge in [0.15, 0.2) is 0 Å². The third-order valence-electron chi connectivity index (χ3n) is 6.17. The molecule has 7 nitrogen and oxygen atoms in total. The van der Waals surface area contributed by atoms with Crippen molar-refractivity contribution in [2.45, 2.75) is 50.8 Å². The van der Waals surface area contributed by atoms with Crippen LogP contribution in [0.2, 0.25) is 0 Å². The van der Waals surface area contributed by atoms with Gasteiger partial charge in [0.2, 0.25) is 11.8 Å². The Hall–Kier alpha value is -2.77. The van der Waals surface area contributed by atoms with E-state index in [1.807, 2.05) is 12.1 Å². The fourth-order valence-corrected chi connectivity index (χ4v) is 4.38. The molecule has 1 aromatic carbocycles. The lowest BCUT2D eigenvalue weighted by atomic mass is 9.88. The highest BCUT2D eigenvalue weighted by Gasteiger charge is 2.34. The van der Waals surface area contributed by atoms with E-state index in [4.69, 9.17) is 4.74 Å². The number of morpholine rings is 1. The van der Waals surface area contributed by atoms with Gasteiger partial charge >= 0.3 is 0 Å². The van der Waals surface area contributed by atoms with Crippen molar-refractivity contribution < 1.29 is 19.4 Å². The molecule has 0 bridgehead atoms. The predicted octanol–water partition coefficient (Wildman–Crippen LogP) is 3.06. The van der Waals surface area contributed by atoms with Crippen LogP contribution in [0.15, 0.2) is 48.8 Å². The first kappa shape index (κ1) is 21.5. The molecule has 2 amide bonds. The lowest BCUT2D eigenvalue weighted by Gasteiger charge is -2.38. The molecule has 2 heterocycles. The molecule has 31 heavy (non-hydrogen) atoms. The van der Waals surface area contributed by atoms with Gasteiger partial charge in [0, 0.05) is 30.5 Å². The second kappa shape index (κ2) is 10.0. The Morgan fingerprint density at radius 3 is 2.68 bits per heavy atom. The minimum Gasteiger partial charge on any atom is -0.386 e. The van der Waals surface area contributed by atoms with Gasteiger partial charge in [-0.15, -0.1) is 0 Å². The van der Waals surface area contributed by atoms with Crippen LogP contribution in [0.4, 0.5) is 5.69 Å². The van der Waals surface area contributed by atoms with Gasteiger partial charge in [-0.2, -0.15) is 0 Å². The summed E-state index contributed by atoms with van der Waals surface area (Å²) in [4.78, 5) is 30.7. The van der Waals surface area contributed by atoms with Gasteiger partial charge in [-0.25, -0.2) is 0 Å². The monoisotopic (exact) mass is 423 g/mol. The number of hydrogen-bond acceptors (Lipinski definition) is 5. The Balaban J connectivity index is 1.42. The van der Waals surface area contributed by atoms with Gasteiger partial charge < -0.3 is 20.1 Å². The van der Waals surface area contributed by atoms with Crippen molar-refractivity contribution in [3.05, 3.63) is 59.9 Å². The number of nitrogens with zero attached hydrogens (tertiary/aromatic N) is 2. The number of aromatic nitrogens is 1. The van der Waals surface area contributed by atoms with Gasteiger partial charge in [0.25, 0.3) is 0 Å². The fraction of sp³-hybridized carbons (Fsp3) is 0.458. The summed E-state index contributed by atoms with van der Waals surface area (Å²) in [5, 5.41) is 14.0. The number of carbonyl (C=O) groups is 2. The molecular weight excluding hydrogens is 394 g/mol. The number of aliphatic hydroxyl groups excluding tert-OH is 1. The lowest BCUT2D eigenvalue weighted by Crippen LogP contribution is -2.51. The molecule has 0 radical (unpaired) electrons. The van der Waals surface area contributed by atoms with Gasteiger partial charge in [0.05, 0.1) is 12.6 Å². The number of ether oxygens (including phenoxy) is 1. The molecule has 7 heteroatoms. The molecule has 1 aromatic heterocycles. The van der Waals surface area contributed by atoms with E-state index in [9.17, 15) is 14.7 Å². The quantitative estimate of drug-likeness (QED) is 0.745. The first-order valence-corrected chi connectivity index (χ1v) is 11.0. The van der Waals surface area contributed by atoms with Crippen LogP contribution in [0.3, 0.4) is 0 Å². The summed E-state index contributed by atoms with van der Waals surface area (Å²) in [7, 11) is 0. The molecule has 2 aliphatic rings. The largest absolute Gasteiger partial charge is 0.386 e. The normalized spacial score (nSPS) is 21.0. The van der Waals surface area contributed by atoms with Crippen LogP contribution in [0, 0.1) is 5.92 Å². The number of carbonyl (C=O) groups excluding carboxylic acids is 2. The highest BCUT2D eigenvalue weighted by atomic mass is 16.5. The molecule has 164 valence electrons. The number of pyridine rings is 1. The smallest absolute Gasteiger partial charge is 0.249 e. The Kier molecular flexibility index (Phi) is 6.94. The van der Waals surface area contributed by atoms with Crippen molar-refractivity contribution in [3.8, 4) is 0 Å². The van der Waals surface area contributed by atoms with Gasteiger partial charge in [-0.3, -0.25) is 14.6 Å². The summed E-state index contributed by atoms with van der Waals surface area (Å²) in [5.41, 5.74) is 2.29. The molecule has 2 atom stereocenters. The number of nitrogens with one attached hydrogen (secondary N) is 1. The molecule has 1 aliphatic heterocycles. The molecule has 0 spiro atoms. The minimum absolute atomic E-state index is 0.00954. The Morgan fingerprint density at radius 2 is 1.97 bits per heavy atom. The van der Waals surface area contributed by atoms with E-state index in [2.05, 4.69) is 10.3 Å². The third-order valence-corrected chi connectivity index (χ3v) is 6.17. The van der Waals surface area contributed by atoms with Crippen LogP contribution < -0.4 is 5.32 Å². The fourth-order valence-electron chi connectivity index (χ4n) is 4.38. The third kappa shape index (κ3) is 5.29. The van der Waals surface area contributed by atoms with Crippen LogP contribution in [0.1, 0.15) is 49.3 Å². The number of benzene rings is 1. The van der Waals surface area contributed by atoms with Crippen molar-refractivity contribution in [1.82, 2.24) is 9.88 Å². The second-order valence-corrected chi connectivity index (χ2v) is 8.36. The van der Waals surface area contributed by atoms with Crippen molar-refractivity contribution in [3.63, 3.8) is 0 Å². The maximum Gasteiger partial charge on any atom is 0.249 e. The molecular formula is C24H29N3O4. The summed E-state index contributed by atoms with van der Waals surface area (Å²) < 4.78 is 5.42. The summed E-state index contributed by atoms with van der Waals surface area (Å²) >= 11 is 0. The highest BCUT2D eigenvalue weighted by Crippen LogP contribution is 2.28. The number of hydrogen-bond donors (Lipinski definition) is 2. The van der Waals surface area contributed by atoms with Crippen LogP contribution in [-0.4, -0.2) is 46.1 Å². The van der Waals surface area contributed by atoms with E-state index in [-0.39, 0.29) is 30.9 Å². The summed E-state index contributed by atoms with van der Waals surface area (Å²) in [6, 6.07) is 10.4. The van der Waals surface area contributed by atoms with Gasteiger partial charge in [-0.05, 0) is 42.2 Å². The number of aliphatic hydroxyl groups is 1. The molecule has 1 aliphatic carbocycles. The number of rotatable bonds is 6. The summed E-state index contributed by atoms with van der Waals surface area (Å²) in [6.07, 6.45) is 7.84. The molecule has 4 rings (SSSR count). The maximum atomic E-state index is 12.5. The predicted molar refractivity (Wildman–Crippen MR) is 116 cm³/mol. The van der Waals surface area contributed by atoms with Crippen molar-refractivity contribution >= 4 is 17.5 Å². The van der Waals surface area contributed by atoms with E-state index in [1.165, 1.54) is 6.42 Å². The number of anilines is 1. The topological polar surface area (TPSA) is 91.8 Å². The first-order chi connectivity index (χ1) is 15.1. The Morgan fingerprint density at radius 1 is 1.19 bits per heavy atom. The average molecular weight is 424 g/mol. The lowest BCUT2D eigenvalue weighted by molar-refractivity contribution is -0.155. The van der Waals surface area contributed by atoms with E-state index in [0.29, 0.717) is 12.1 Å². The van der Waals surface area contributed by atoms with E-state index >= 15 is 0 Å². The van der Waals surface area contributed by atoms with E-state index in [0.717, 1.165) is 36.9 Å². The Bertz CT molecular complexity index is 881. The SMILES string of the molecule is O=C(Nc1ccc([C@@H](O)[C@H]2COCC(=O)N2Cc2cccnc2)cc1)C1CCCCC1. The molecule has 0 unspecified atom stereocenters. The van der Waals surface area contributed by atoms with Crippen LogP contribution >= 0.6 is 0 Å². The van der Waals surface area contributed by atoms with Crippen LogP contribution in [-0.2, 0) is 20.9 Å². The summed E-state index contributed by atoms with van der Waals surface area (Å²) in [6.45, 7) is 0.635. The zero-order valence-corrected chi connectivity index (χ0v) is 17.6. The number of amides is 2. The zero-order chi connectivity index (χ0) is 21.6. The van der Waals surface area contributed by atoms with Crippen molar-refractivity contribution in [2.24, 2.45) is 5.92 Å². The second-order valence-electron chi connectivity index (χ2n) is 8.36. The van der Waals surface area contributed by atoms with E-state index in [1.54, 1.807) is 41.6 Å². The minimum atomic E-state index is -0.899. The molecule has 1 saturated carbocycles. The van der Waals surface area contributed by atoms with Crippen molar-refractivity contribution in [2.75, 3.05) is 18.5 Å². The standard InChI is InChI=1S/C24H29N3O4/c28-22-16-31-15-21(27(22)14-17-5-4-12-25-13-17)23(29)18-8-10-20(11-9-18)26-24(30)19-6-2-1-3-7-19/h4-5,8-13,19,21,23,29H,1-3,6-7,14-16H2,(H,26,30)/t21-,23-/m1/s1. The molecule has 1 saturated heterocycles. The first-order valence-electron chi connectivity index (χ1n) is 11.0. The Labute approximate surface area is 182 Å². The summed E-state index contributed by atoms with van der Waals surface area (Å²) in [5.74, 6) is 0.00268. The van der Waals surface area contributed by atoms with Gasteiger partial charge in [-0.1, -0.05) is 37.5 Å². The zero-order valence-electron chi connectivity index (χ0n) is 17.6. The van der Waals surface area contributed by atoms with Crippen LogP contribution in [0.5, 0.6) is 0 Å². The average Bonchev–Trinajstić information content (AvgIpc) is 2.82. The molecule has 2 N–H and O–H groups in total. The van der Waals surface area contributed by atoms with Crippen molar-refractivity contribution in [1.29, 1.82) is 0 Å². The van der Waals surface area contributed by atoms with E-state index < -0.39 is 12.1 Å². The highest BCUT2D eigenvalue weighted by molar-refractivity contribution is 5.92.